The van der Waals surface area contributed by atoms with E-state index >= 15 is 0 Å². The molecule has 48 valence electrons. The molecular formula is C5H2BrClFN. The van der Waals surface area contributed by atoms with E-state index in [0.717, 1.165) is 0 Å². The smallest absolute Gasteiger partial charge is 0.214 e. The van der Waals surface area contributed by atoms with Crippen LogP contribution in [0.4, 0.5) is 4.39 Å². The second-order valence-corrected chi connectivity index (χ2v) is 2.68. The van der Waals surface area contributed by atoms with Crippen molar-refractivity contribution in [2.24, 2.45) is 0 Å². The zero-order valence-electron chi connectivity index (χ0n) is 4.24. The van der Waals surface area contributed by atoms with Crippen LogP contribution >= 0.6 is 27.5 Å². The zero-order valence-corrected chi connectivity index (χ0v) is 6.58. The standard InChI is InChI=1S/C5H2BrClFN/c6-3-1-5(8)9-2-4(3)7/h1-2H. The maximum absolute atomic E-state index is 12.1. The van der Waals surface area contributed by atoms with Crippen LogP contribution in [0.5, 0.6) is 0 Å². The number of rotatable bonds is 0. The second-order valence-electron chi connectivity index (χ2n) is 1.42. The molecule has 0 bridgehead atoms. The summed E-state index contributed by atoms with van der Waals surface area (Å²) >= 11 is 8.54. The fourth-order valence-electron chi connectivity index (χ4n) is 0.391. The molecule has 0 amide bonds. The molecule has 1 heterocycles. The van der Waals surface area contributed by atoms with E-state index in [2.05, 4.69) is 20.9 Å². The maximum Gasteiger partial charge on any atom is 0.214 e. The fourth-order valence-corrected chi connectivity index (χ4v) is 0.785. The molecule has 4 heteroatoms. The minimum atomic E-state index is -0.536. The first-order valence-electron chi connectivity index (χ1n) is 2.16. The summed E-state index contributed by atoms with van der Waals surface area (Å²) in [5.41, 5.74) is 0. The van der Waals surface area contributed by atoms with Gasteiger partial charge in [-0.15, -0.1) is 0 Å². The number of hydrogen-bond donors (Lipinski definition) is 0. The van der Waals surface area contributed by atoms with E-state index in [1.165, 1.54) is 12.3 Å². The summed E-state index contributed by atoms with van der Waals surface area (Å²) in [5.74, 6) is -0.536. The average Bonchev–Trinajstić information content (AvgIpc) is 1.80. The number of nitrogens with zero attached hydrogens (tertiary/aromatic N) is 1. The third-order valence-corrected chi connectivity index (χ3v) is 1.96. The topological polar surface area (TPSA) is 12.9 Å². The van der Waals surface area contributed by atoms with Crippen LogP contribution in [0.25, 0.3) is 0 Å². The van der Waals surface area contributed by atoms with Crippen molar-refractivity contribution in [1.29, 1.82) is 0 Å². The van der Waals surface area contributed by atoms with Gasteiger partial charge in [0.1, 0.15) is 0 Å². The highest BCUT2D eigenvalue weighted by Gasteiger charge is 1.97. The maximum atomic E-state index is 12.1. The molecule has 0 atom stereocenters. The summed E-state index contributed by atoms with van der Waals surface area (Å²) in [6.45, 7) is 0. The molecular weight excluding hydrogens is 208 g/mol. The van der Waals surface area contributed by atoms with Gasteiger partial charge in [-0.05, 0) is 15.9 Å². The Bertz CT molecular complexity index is 228. The quantitative estimate of drug-likeness (QED) is 0.600. The predicted octanol–water partition coefficient (Wildman–Crippen LogP) is 2.64. The largest absolute Gasteiger partial charge is 0.227 e. The van der Waals surface area contributed by atoms with Gasteiger partial charge in [0, 0.05) is 16.7 Å². The van der Waals surface area contributed by atoms with Crippen molar-refractivity contribution >= 4 is 27.5 Å². The SMILES string of the molecule is Fc1cc(Br)c(Cl)cn1. The molecule has 1 rings (SSSR count). The van der Waals surface area contributed by atoms with Crippen LogP contribution in [0, 0.1) is 5.95 Å². The number of halogens is 3. The van der Waals surface area contributed by atoms with Gasteiger partial charge in [-0.3, -0.25) is 0 Å². The van der Waals surface area contributed by atoms with Crippen molar-refractivity contribution in [1.82, 2.24) is 4.98 Å². The Labute approximate surface area is 65.0 Å². The minimum Gasteiger partial charge on any atom is -0.227 e. The monoisotopic (exact) mass is 209 g/mol. The van der Waals surface area contributed by atoms with Crippen molar-refractivity contribution in [3.8, 4) is 0 Å². The van der Waals surface area contributed by atoms with E-state index in [9.17, 15) is 4.39 Å². The van der Waals surface area contributed by atoms with Gasteiger partial charge >= 0.3 is 0 Å². The molecule has 1 nitrogen and oxygen atoms in total. The van der Waals surface area contributed by atoms with Crippen molar-refractivity contribution in [2.45, 2.75) is 0 Å². The molecule has 1 aromatic heterocycles. The lowest BCUT2D eigenvalue weighted by Gasteiger charge is -1.91. The first-order chi connectivity index (χ1) is 4.20. The van der Waals surface area contributed by atoms with Gasteiger partial charge in [0.25, 0.3) is 0 Å². The van der Waals surface area contributed by atoms with E-state index in [0.29, 0.717) is 9.50 Å². The van der Waals surface area contributed by atoms with Crippen LogP contribution in [0.2, 0.25) is 5.02 Å². The molecule has 0 unspecified atom stereocenters. The van der Waals surface area contributed by atoms with Crippen molar-refractivity contribution < 1.29 is 4.39 Å². The molecule has 9 heavy (non-hydrogen) atoms. The van der Waals surface area contributed by atoms with Crippen LogP contribution in [0.3, 0.4) is 0 Å². The molecule has 1 aromatic rings. The molecule has 0 aliphatic carbocycles. The van der Waals surface area contributed by atoms with Gasteiger partial charge in [-0.1, -0.05) is 11.6 Å². The fraction of sp³-hybridized carbons (Fsp3) is 0. The Balaban J connectivity index is 3.17. The summed E-state index contributed by atoms with van der Waals surface area (Å²) in [4.78, 5) is 3.31. The van der Waals surface area contributed by atoms with Gasteiger partial charge in [0.05, 0.1) is 5.02 Å². The van der Waals surface area contributed by atoms with Gasteiger partial charge in [-0.25, -0.2) is 4.98 Å². The first-order valence-corrected chi connectivity index (χ1v) is 3.34. The summed E-state index contributed by atoms with van der Waals surface area (Å²) in [6, 6.07) is 1.21. The molecule has 0 fully saturated rings. The van der Waals surface area contributed by atoms with E-state index in [1.807, 2.05) is 0 Å². The van der Waals surface area contributed by atoms with Crippen LogP contribution in [0.1, 0.15) is 0 Å². The van der Waals surface area contributed by atoms with Crippen molar-refractivity contribution in [3.63, 3.8) is 0 Å². The second kappa shape index (κ2) is 2.62. The molecule has 0 radical (unpaired) electrons. The normalized spacial score (nSPS) is 9.67. The Hall–Kier alpha value is -0.150. The Morgan fingerprint density at radius 3 is 2.78 bits per heavy atom. The Morgan fingerprint density at radius 2 is 2.33 bits per heavy atom. The highest BCUT2D eigenvalue weighted by Crippen LogP contribution is 2.20. The zero-order chi connectivity index (χ0) is 6.85. The Kier molecular flexibility index (Phi) is 2.03. The highest BCUT2D eigenvalue weighted by molar-refractivity contribution is 9.10. The summed E-state index contributed by atoms with van der Waals surface area (Å²) in [6.07, 6.45) is 1.25. The third kappa shape index (κ3) is 1.63. The van der Waals surface area contributed by atoms with Crippen molar-refractivity contribution in [3.05, 3.63) is 27.7 Å². The van der Waals surface area contributed by atoms with E-state index in [4.69, 9.17) is 11.6 Å². The molecule has 0 saturated heterocycles. The summed E-state index contributed by atoms with van der Waals surface area (Å²) in [5, 5.41) is 0.413. The minimum absolute atomic E-state index is 0.413. The van der Waals surface area contributed by atoms with Crippen LogP contribution in [0.15, 0.2) is 16.7 Å². The number of aromatic nitrogens is 1. The summed E-state index contributed by atoms with van der Waals surface area (Å²) in [7, 11) is 0. The summed E-state index contributed by atoms with van der Waals surface area (Å²) < 4.78 is 12.7. The molecule has 0 aliphatic heterocycles. The third-order valence-electron chi connectivity index (χ3n) is 0.775. The lowest BCUT2D eigenvalue weighted by molar-refractivity contribution is 0.583. The van der Waals surface area contributed by atoms with E-state index in [-0.39, 0.29) is 0 Å². The van der Waals surface area contributed by atoms with E-state index < -0.39 is 5.95 Å². The Morgan fingerprint density at radius 1 is 1.67 bits per heavy atom. The van der Waals surface area contributed by atoms with E-state index in [1.54, 1.807) is 0 Å². The molecule has 0 saturated carbocycles. The van der Waals surface area contributed by atoms with Gasteiger partial charge in [-0.2, -0.15) is 4.39 Å². The predicted molar refractivity (Wildman–Crippen MR) is 36.9 cm³/mol. The van der Waals surface area contributed by atoms with Crippen LogP contribution < -0.4 is 0 Å². The van der Waals surface area contributed by atoms with Crippen LogP contribution in [-0.4, -0.2) is 4.98 Å². The first kappa shape index (κ1) is 6.96. The van der Waals surface area contributed by atoms with Crippen molar-refractivity contribution in [2.75, 3.05) is 0 Å². The average molecular weight is 210 g/mol. The lowest BCUT2D eigenvalue weighted by atomic mass is 10.5. The van der Waals surface area contributed by atoms with Gasteiger partial charge in [0.2, 0.25) is 5.95 Å². The van der Waals surface area contributed by atoms with Gasteiger partial charge < -0.3 is 0 Å². The number of hydrogen-bond acceptors (Lipinski definition) is 1. The molecule has 0 aliphatic rings. The number of pyridine rings is 1. The van der Waals surface area contributed by atoms with Gasteiger partial charge in [0.15, 0.2) is 0 Å². The molecule has 0 N–H and O–H groups in total. The molecule has 0 aromatic carbocycles. The lowest BCUT2D eigenvalue weighted by Crippen LogP contribution is -1.79. The van der Waals surface area contributed by atoms with Crippen LogP contribution in [-0.2, 0) is 0 Å². The highest BCUT2D eigenvalue weighted by atomic mass is 79.9. The molecule has 0 spiro atoms.